The molecule has 5 rings (SSSR count). The molecule has 0 spiro atoms. The Hall–Kier alpha value is -2.58. The molecule has 2 fully saturated rings. The van der Waals surface area contributed by atoms with Gasteiger partial charge in [-0.2, -0.15) is 0 Å². The van der Waals surface area contributed by atoms with Gasteiger partial charge in [0, 0.05) is 30.7 Å². The zero-order valence-corrected chi connectivity index (χ0v) is 21.0. The lowest BCUT2D eigenvalue weighted by atomic mass is 10.0. The maximum Gasteiger partial charge on any atom is 0.177 e. The lowest BCUT2D eigenvalue weighted by Gasteiger charge is -2.21. The fraction of sp³-hybridized carbons (Fsp3) is 0.500. The minimum absolute atomic E-state index is 0.123. The maximum atomic E-state index is 12.8. The van der Waals surface area contributed by atoms with Crippen molar-refractivity contribution >= 4 is 38.4 Å². The summed E-state index contributed by atoms with van der Waals surface area (Å²) in [4.78, 5) is 22.0. The first-order valence-electron chi connectivity index (χ1n) is 11.9. The smallest absolute Gasteiger partial charge is 0.177 e. The van der Waals surface area contributed by atoms with Crippen LogP contribution in [0, 0.1) is 5.92 Å². The summed E-state index contributed by atoms with van der Waals surface area (Å²) < 4.78 is 31.6. The molecule has 1 aromatic carbocycles. The van der Waals surface area contributed by atoms with Gasteiger partial charge in [-0.1, -0.05) is 6.07 Å². The molecule has 8 heteroatoms. The molecule has 1 saturated heterocycles. The van der Waals surface area contributed by atoms with E-state index >= 15 is 0 Å². The van der Waals surface area contributed by atoms with Crippen molar-refractivity contribution < 1.29 is 17.9 Å². The second-order valence-corrected chi connectivity index (χ2v) is 12.4. The van der Waals surface area contributed by atoms with E-state index in [0.29, 0.717) is 35.6 Å². The number of fused-ring (bicyclic) bond motifs is 1. The van der Waals surface area contributed by atoms with Gasteiger partial charge in [-0.05, 0) is 70.2 Å². The van der Waals surface area contributed by atoms with Gasteiger partial charge in [-0.25, -0.2) is 8.42 Å². The van der Waals surface area contributed by atoms with Gasteiger partial charge >= 0.3 is 0 Å². The number of pyridine rings is 1. The number of rotatable bonds is 7. The van der Waals surface area contributed by atoms with Crippen molar-refractivity contribution in [3.05, 3.63) is 41.2 Å². The Morgan fingerprint density at radius 1 is 1.18 bits per heavy atom. The average molecular weight is 482 g/mol. The molecule has 1 N–H and O–H groups in total. The Kier molecular flexibility index (Phi) is 5.64. The Labute approximate surface area is 201 Å². The summed E-state index contributed by atoms with van der Waals surface area (Å²) in [7, 11) is -3.51. The number of carbonyl (C=O) groups excluding carboxylic acids is 1. The molecule has 1 aliphatic carbocycles. The molecule has 34 heavy (non-hydrogen) atoms. The van der Waals surface area contributed by atoms with E-state index in [2.05, 4.69) is 24.2 Å². The maximum absolute atomic E-state index is 12.8. The highest BCUT2D eigenvalue weighted by Gasteiger charge is 2.33. The first-order valence-corrected chi connectivity index (χ1v) is 13.8. The summed E-state index contributed by atoms with van der Waals surface area (Å²) in [5, 5.41) is 3.31. The first-order chi connectivity index (χ1) is 16.0. The molecule has 3 aliphatic rings. The van der Waals surface area contributed by atoms with Gasteiger partial charge in [0.25, 0.3) is 0 Å². The summed E-state index contributed by atoms with van der Waals surface area (Å²) in [5.41, 5.74) is 4.98. The molecule has 1 saturated carbocycles. The number of sulfone groups is 1. The molecule has 1 atom stereocenters. The molecule has 3 heterocycles. The molecular weight excluding hydrogens is 450 g/mol. The predicted octanol–water partition coefficient (Wildman–Crippen LogP) is 5.03. The van der Waals surface area contributed by atoms with E-state index in [9.17, 15) is 13.2 Å². The van der Waals surface area contributed by atoms with Crippen molar-refractivity contribution in [3.63, 3.8) is 0 Å². The number of Topliss-reactive ketones (excluding diaryl/α,β-unsaturated/α-hetero) is 1. The topological polar surface area (TPSA) is 97.7 Å². The zero-order valence-electron chi connectivity index (χ0n) is 20.1. The summed E-state index contributed by atoms with van der Waals surface area (Å²) in [6, 6.07) is 7.28. The Morgan fingerprint density at radius 2 is 1.94 bits per heavy atom. The number of aromatic nitrogens is 1. The number of benzene rings is 1. The number of aliphatic imine (C=N–C) groups is 1. The van der Waals surface area contributed by atoms with Crippen molar-refractivity contribution in [2.45, 2.75) is 75.9 Å². The lowest BCUT2D eigenvalue weighted by Crippen LogP contribution is -2.17. The number of ether oxygens (including phenoxy) is 1. The van der Waals surface area contributed by atoms with Gasteiger partial charge in [-0.3, -0.25) is 14.8 Å². The van der Waals surface area contributed by atoms with Gasteiger partial charge in [0.15, 0.2) is 9.84 Å². The standard InChI is InChI=1S/C26H31N3O4S/c1-15-11-20-25(27-15)21(13-18(28-20)14-22(30)16-5-6-16)29-19-8-7-17(12-24(19)34(4,31)32)23-9-10-26(2,3)33-23/h7-8,12-13,16,23H,5-6,9-11,14H2,1-4H3,(H,28,29)/t23-/m1/s1. The Bertz CT molecular complexity index is 1310. The van der Waals surface area contributed by atoms with E-state index in [-0.39, 0.29) is 28.3 Å². The van der Waals surface area contributed by atoms with Crippen LogP contribution in [0.5, 0.6) is 0 Å². The summed E-state index contributed by atoms with van der Waals surface area (Å²) >= 11 is 0. The monoisotopic (exact) mass is 481 g/mol. The van der Waals surface area contributed by atoms with Crippen LogP contribution in [-0.2, 0) is 32.2 Å². The highest BCUT2D eigenvalue weighted by molar-refractivity contribution is 7.90. The van der Waals surface area contributed by atoms with Crippen molar-refractivity contribution in [1.29, 1.82) is 0 Å². The van der Waals surface area contributed by atoms with Crippen molar-refractivity contribution in [1.82, 2.24) is 4.98 Å². The molecule has 1 aromatic heterocycles. The second-order valence-electron chi connectivity index (χ2n) is 10.5. The summed E-state index contributed by atoms with van der Waals surface area (Å²) in [6.45, 7) is 6.05. The zero-order chi connectivity index (χ0) is 24.3. The number of anilines is 2. The largest absolute Gasteiger partial charge is 0.368 e. The number of carbonyl (C=O) groups is 1. The molecule has 2 aromatic rings. The third-order valence-electron chi connectivity index (χ3n) is 6.75. The van der Waals surface area contributed by atoms with Crippen molar-refractivity contribution in [3.8, 4) is 0 Å². The predicted molar refractivity (Wildman–Crippen MR) is 132 cm³/mol. The number of nitrogens with one attached hydrogen (secondary N) is 1. The van der Waals surface area contributed by atoms with Crippen LogP contribution in [0.4, 0.5) is 17.1 Å². The van der Waals surface area contributed by atoms with E-state index in [0.717, 1.165) is 42.7 Å². The van der Waals surface area contributed by atoms with Crippen LogP contribution in [0.3, 0.4) is 0 Å². The highest BCUT2D eigenvalue weighted by atomic mass is 32.2. The van der Waals surface area contributed by atoms with Gasteiger partial charge in [0.05, 0.1) is 39.4 Å². The minimum atomic E-state index is -3.51. The van der Waals surface area contributed by atoms with Crippen LogP contribution in [0.2, 0.25) is 0 Å². The normalized spacial score (nSPS) is 21.3. The second kappa shape index (κ2) is 8.27. The first kappa shape index (κ1) is 23.2. The fourth-order valence-corrected chi connectivity index (χ4v) is 5.66. The molecule has 0 unspecified atom stereocenters. The molecule has 180 valence electrons. The van der Waals surface area contributed by atoms with Gasteiger partial charge in [0.1, 0.15) is 11.5 Å². The highest BCUT2D eigenvalue weighted by Crippen LogP contribution is 2.42. The van der Waals surface area contributed by atoms with E-state index in [1.54, 1.807) is 12.1 Å². The van der Waals surface area contributed by atoms with Crippen LogP contribution < -0.4 is 5.32 Å². The lowest BCUT2D eigenvalue weighted by molar-refractivity contribution is -0.119. The van der Waals surface area contributed by atoms with Crippen LogP contribution in [0.25, 0.3) is 0 Å². The molecule has 2 aliphatic heterocycles. The number of nitrogens with zero attached hydrogens (tertiary/aromatic N) is 2. The minimum Gasteiger partial charge on any atom is -0.368 e. The van der Waals surface area contributed by atoms with Gasteiger partial charge in [-0.15, -0.1) is 0 Å². The van der Waals surface area contributed by atoms with E-state index in [4.69, 9.17) is 9.72 Å². The average Bonchev–Trinajstić information content (AvgIpc) is 3.44. The molecular formula is C26H31N3O4S. The van der Waals surface area contributed by atoms with E-state index in [1.807, 2.05) is 19.1 Å². The Balaban J connectivity index is 1.51. The molecule has 7 nitrogen and oxygen atoms in total. The van der Waals surface area contributed by atoms with Crippen LogP contribution in [0.15, 0.2) is 34.2 Å². The SMILES string of the molecule is CC1=Nc2c(Nc3ccc([C@H]4CCC(C)(C)O4)cc3S(C)(=O)=O)cc(CC(=O)C3CC3)nc2C1. The number of hydrogen-bond acceptors (Lipinski definition) is 7. The van der Waals surface area contributed by atoms with Crippen molar-refractivity contribution in [2.24, 2.45) is 10.9 Å². The Morgan fingerprint density at radius 3 is 2.59 bits per heavy atom. The third kappa shape index (κ3) is 4.79. The van der Waals surface area contributed by atoms with Crippen LogP contribution >= 0.6 is 0 Å². The van der Waals surface area contributed by atoms with E-state index in [1.165, 1.54) is 6.26 Å². The third-order valence-corrected chi connectivity index (χ3v) is 7.88. The number of ketones is 1. The molecule has 0 radical (unpaired) electrons. The van der Waals surface area contributed by atoms with Crippen LogP contribution in [0.1, 0.15) is 69.5 Å². The quantitative estimate of drug-likeness (QED) is 0.596. The van der Waals surface area contributed by atoms with Crippen LogP contribution in [-0.4, -0.2) is 36.8 Å². The molecule has 0 bridgehead atoms. The van der Waals surface area contributed by atoms with Gasteiger partial charge in [0.2, 0.25) is 0 Å². The molecule has 0 amide bonds. The van der Waals surface area contributed by atoms with Gasteiger partial charge < -0.3 is 10.1 Å². The van der Waals surface area contributed by atoms with E-state index < -0.39 is 9.84 Å². The fourth-order valence-electron chi connectivity index (χ4n) is 4.79. The summed E-state index contributed by atoms with van der Waals surface area (Å²) in [6.07, 6.45) is 5.71. The summed E-state index contributed by atoms with van der Waals surface area (Å²) in [5.74, 6) is 0.381. The number of hydrogen-bond donors (Lipinski definition) is 1. The van der Waals surface area contributed by atoms with Crippen molar-refractivity contribution in [2.75, 3.05) is 11.6 Å².